The number of urea groups is 1. The number of hydrogen-bond acceptors (Lipinski definition) is 7. The number of rotatable bonds is 6. The topological polar surface area (TPSA) is 107 Å². The van der Waals surface area contributed by atoms with Gasteiger partial charge in [0.2, 0.25) is 5.76 Å². The van der Waals surface area contributed by atoms with Crippen molar-refractivity contribution in [3.8, 4) is 11.5 Å². The largest absolute Gasteiger partial charge is 0.493 e. The summed E-state index contributed by atoms with van der Waals surface area (Å²) < 4.78 is 21.0. The summed E-state index contributed by atoms with van der Waals surface area (Å²) >= 11 is 3.41. The number of imide groups is 1. The van der Waals surface area contributed by atoms with E-state index in [0.717, 1.165) is 4.90 Å². The maximum absolute atomic E-state index is 12.7. The second-order valence-electron chi connectivity index (χ2n) is 5.87. The maximum Gasteiger partial charge on any atom is 0.373 e. The van der Waals surface area contributed by atoms with Crippen LogP contribution in [0.4, 0.5) is 4.79 Å². The first kappa shape index (κ1) is 20.5. The van der Waals surface area contributed by atoms with Crippen molar-refractivity contribution >= 4 is 39.9 Å². The molecule has 1 aromatic heterocycles. The molecule has 152 valence electrons. The summed E-state index contributed by atoms with van der Waals surface area (Å²) in [6.45, 7) is -0.133. The highest BCUT2D eigenvalue weighted by Crippen LogP contribution is 2.34. The van der Waals surface area contributed by atoms with Crippen molar-refractivity contribution in [3.63, 3.8) is 0 Å². The van der Waals surface area contributed by atoms with Crippen LogP contribution in [-0.4, -0.2) is 44.1 Å². The van der Waals surface area contributed by atoms with Crippen molar-refractivity contribution in [3.05, 3.63) is 51.5 Å². The number of ether oxygens (including phenoxy) is 3. The lowest BCUT2D eigenvalue weighted by Gasteiger charge is -2.10. The fourth-order valence-electron chi connectivity index (χ4n) is 2.68. The van der Waals surface area contributed by atoms with Gasteiger partial charge in [0, 0.05) is 4.47 Å². The molecule has 0 aliphatic carbocycles. The molecule has 1 fully saturated rings. The summed E-state index contributed by atoms with van der Waals surface area (Å²) in [5.41, 5.74) is 0.696. The minimum Gasteiger partial charge on any atom is -0.493 e. The van der Waals surface area contributed by atoms with Crippen LogP contribution >= 0.6 is 15.9 Å². The molecule has 1 N–H and O–H groups in total. The van der Waals surface area contributed by atoms with Crippen molar-refractivity contribution in [1.29, 1.82) is 0 Å². The lowest BCUT2D eigenvalue weighted by molar-refractivity contribution is -0.123. The van der Waals surface area contributed by atoms with Gasteiger partial charge >= 0.3 is 12.0 Å². The predicted octanol–water partition coefficient (Wildman–Crippen LogP) is 2.94. The second-order valence-corrected chi connectivity index (χ2v) is 6.72. The summed E-state index contributed by atoms with van der Waals surface area (Å²) in [5, 5.41) is 2.53. The van der Waals surface area contributed by atoms with Gasteiger partial charge in [-0.05, 0) is 35.9 Å². The van der Waals surface area contributed by atoms with Crippen LogP contribution in [0.5, 0.6) is 11.5 Å². The predicted molar refractivity (Wildman–Crippen MR) is 104 cm³/mol. The van der Waals surface area contributed by atoms with Gasteiger partial charge in [-0.1, -0.05) is 15.9 Å². The summed E-state index contributed by atoms with van der Waals surface area (Å²) in [7, 11) is 4.24. The first-order chi connectivity index (χ1) is 13.9. The molecule has 3 rings (SSSR count). The van der Waals surface area contributed by atoms with Crippen LogP contribution in [-0.2, 0) is 16.1 Å². The molecule has 10 heteroatoms. The Morgan fingerprint density at radius 2 is 1.86 bits per heavy atom. The van der Waals surface area contributed by atoms with E-state index in [9.17, 15) is 14.4 Å². The van der Waals surface area contributed by atoms with Gasteiger partial charge in [0.25, 0.3) is 5.91 Å². The summed E-state index contributed by atoms with van der Waals surface area (Å²) in [6.07, 6.45) is 1.52. The van der Waals surface area contributed by atoms with Gasteiger partial charge in [-0.2, -0.15) is 0 Å². The van der Waals surface area contributed by atoms with Gasteiger partial charge in [-0.15, -0.1) is 0 Å². The number of esters is 1. The van der Waals surface area contributed by atoms with Crippen LogP contribution < -0.4 is 14.8 Å². The molecule has 0 spiro atoms. The molecule has 0 bridgehead atoms. The van der Waals surface area contributed by atoms with Gasteiger partial charge < -0.3 is 23.9 Å². The van der Waals surface area contributed by atoms with E-state index in [1.54, 1.807) is 12.1 Å². The van der Waals surface area contributed by atoms with Crippen LogP contribution in [0.2, 0.25) is 0 Å². The lowest BCUT2D eigenvalue weighted by atomic mass is 10.1. The number of nitrogens with zero attached hydrogens (tertiary/aromatic N) is 1. The van der Waals surface area contributed by atoms with Crippen LogP contribution in [0.1, 0.15) is 21.9 Å². The number of amides is 3. The van der Waals surface area contributed by atoms with E-state index in [-0.39, 0.29) is 23.8 Å². The van der Waals surface area contributed by atoms with Crippen LogP contribution in [0.3, 0.4) is 0 Å². The van der Waals surface area contributed by atoms with Gasteiger partial charge in [-0.3, -0.25) is 9.69 Å². The van der Waals surface area contributed by atoms with Crippen molar-refractivity contribution in [1.82, 2.24) is 10.2 Å². The molecule has 0 unspecified atom stereocenters. The Balaban J connectivity index is 1.83. The maximum atomic E-state index is 12.7. The SMILES string of the molecule is COC(=O)c1ccc(CN2C(=O)NC(=Cc3cc(OC)c(OC)cc3Br)C2=O)o1. The summed E-state index contributed by atoms with van der Waals surface area (Å²) in [4.78, 5) is 37.4. The van der Waals surface area contributed by atoms with E-state index in [0.29, 0.717) is 21.5 Å². The number of nitrogens with one attached hydrogen (secondary N) is 1. The number of hydrogen-bond donors (Lipinski definition) is 1. The van der Waals surface area contributed by atoms with E-state index in [4.69, 9.17) is 13.9 Å². The molecular formula is C19H17BrN2O7. The van der Waals surface area contributed by atoms with Crippen LogP contribution in [0.15, 0.2) is 38.9 Å². The molecule has 0 atom stereocenters. The molecule has 2 aromatic rings. The van der Waals surface area contributed by atoms with E-state index in [1.807, 2.05) is 0 Å². The average Bonchev–Trinajstić information content (AvgIpc) is 3.29. The highest BCUT2D eigenvalue weighted by molar-refractivity contribution is 9.10. The number of carbonyl (C=O) groups excluding carboxylic acids is 3. The molecule has 1 aliphatic heterocycles. The van der Waals surface area contributed by atoms with Crippen LogP contribution in [0.25, 0.3) is 6.08 Å². The minimum atomic E-state index is -0.646. The third-order valence-corrected chi connectivity index (χ3v) is 4.81. The van der Waals surface area contributed by atoms with E-state index in [1.165, 1.54) is 39.5 Å². The van der Waals surface area contributed by atoms with Gasteiger partial charge in [0.15, 0.2) is 11.5 Å². The smallest absolute Gasteiger partial charge is 0.373 e. The Bertz CT molecular complexity index is 1010. The lowest BCUT2D eigenvalue weighted by Crippen LogP contribution is -2.30. The van der Waals surface area contributed by atoms with Crippen LogP contribution in [0, 0.1) is 0 Å². The van der Waals surface area contributed by atoms with Gasteiger partial charge in [0.05, 0.1) is 27.9 Å². The number of benzene rings is 1. The van der Waals surface area contributed by atoms with Crippen molar-refractivity contribution in [2.75, 3.05) is 21.3 Å². The number of furan rings is 1. The third-order valence-electron chi connectivity index (χ3n) is 4.13. The van der Waals surface area contributed by atoms with E-state index < -0.39 is 17.9 Å². The molecule has 1 aliphatic rings. The van der Waals surface area contributed by atoms with Crippen molar-refractivity contribution < 1.29 is 33.0 Å². The molecule has 3 amide bonds. The van der Waals surface area contributed by atoms with Gasteiger partial charge in [-0.25, -0.2) is 9.59 Å². The first-order valence-electron chi connectivity index (χ1n) is 8.31. The molecule has 2 heterocycles. The second kappa shape index (κ2) is 8.39. The highest BCUT2D eigenvalue weighted by atomic mass is 79.9. The van der Waals surface area contributed by atoms with Gasteiger partial charge in [0.1, 0.15) is 11.5 Å². The normalized spacial score (nSPS) is 14.9. The standard InChI is InChI=1S/C19H17BrN2O7/c1-26-15-7-10(12(20)8-16(15)27-2)6-13-17(23)22(19(25)21-13)9-11-4-5-14(29-11)18(24)28-3/h4-8H,9H2,1-3H3,(H,21,25). The summed E-state index contributed by atoms with van der Waals surface area (Å²) in [6, 6.07) is 5.68. The fourth-order valence-corrected chi connectivity index (χ4v) is 3.12. The Kier molecular flexibility index (Phi) is 5.92. The zero-order chi connectivity index (χ0) is 21.1. The number of carbonyl (C=O) groups is 3. The molecular weight excluding hydrogens is 448 g/mol. The number of halogens is 1. The number of methoxy groups -OCH3 is 3. The fraction of sp³-hybridized carbons (Fsp3) is 0.211. The molecule has 0 radical (unpaired) electrons. The highest BCUT2D eigenvalue weighted by Gasteiger charge is 2.34. The third kappa shape index (κ3) is 4.11. The Labute approximate surface area is 174 Å². The average molecular weight is 465 g/mol. The Morgan fingerprint density at radius 3 is 2.52 bits per heavy atom. The molecule has 1 aromatic carbocycles. The Morgan fingerprint density at radius 1 is 1.17 bits per heavy atom. The van der Waals surface area contributed by atoms with Crippen molar-refractivity contribution in [2.24, 2.45) is 0 Å². The minimum absolute atomic E-state index is 0.0143. The summed E-state index contributed by atoms with van der Waals surface area (Å²) in [5.74, 6) is 0.0633. The quantitative estimate of drug-likeness (QED) is 0.397. The van der Waals surface area contributed by atoms with E-state index >= 15 is 0 Å². The Hall–Kier alpha value is -3.27. The monoisotopic (exact) mass is 464 g/mol. The molecule has 0 saturated carbocycles. The molecule has 9 nitrogen and oxygen atoms in total. The molecule has 29 heavy (non-hydrogen) atoms. The van der Waals surface area contributed by atoms with E-state index in [2.05, 4.69) is 26.0 Å². The zero-order valence-corrected chi connectivity index (χ0v) is 17.4. The zero-order valence-electron chi connectivity index (χ0n) is 15.8. The van der Waals surface area contributed by atoms with Crippen molar-refractivity contribution in [2.45, 2.75) is 6.54 Å². The first-order valence-corrected chi connectivity index (χ1v) is 9.10. The molecule has 1 saturated heterocycles.